The van der Waals surface area contributed by atoms with Crippen LogP contribution in [0.2, 0.25) is 10.0 Å². The molecule has 0 aromatic heterocycles. The lowest BCUT2D eigenvalue weighted by Gasteiger charge is -2.11. The lowest BCUT2D eigenvalue weighted by molar-refractivity contribution is 0.174. The number of benzene rings is 1. The van der Waals surface area contributed by atoms with Gasteiger partial charge in [-0.1, -0.05) is 30.1 Å². The first-order valence-corrected chi connectivity index (χ1v) is 5.07. The molecule has 1 rings (SSSR count). The second-order valence-corrected chi connectivity index (χ2v) is 4.02. The van der Waals surface area contributed by atoms with Crippen molar-refractivity contribution in [2.24, 2.45) is 5.92 Å². The SMILES string of the molecule is CC(CO)COc1cc(Cl)ccc1Cl. The Morgan fingerprint density at radius 3 is 2.79 bits per heavy atom. The molecule has 1 aromatic rings. The van der Waals surface area contributed by atoms with Crippen LogP contribution >= 0.6 is 23.2 Å². The van der Waals surface area contributed by atoms with Gasteiger partial charge in [0.15, 0.2) is 0 Å². The summed E-state index contributed by atoms with van der Waals surface area (Å²) in [6.45, 7) is 2.41. The zero-order chi connectivity index (χ0) is 10.6. The molecule has 78 valence electrons. The number of aliphatic hydroxyl groups is 1. The molecule has 0 spiro atoms. The molecule has 1 unspecified atom stereocenters. The van der Waals surface area contributed by atoms with Crippen molar-refractivity contribution in [3.63, 3.8) is 0 Å². The van der Waals surface area contributed by atoms with Gasteiger partial charge in [0.2, 0.25) is 0 Å². The normalized spacial score (nSPS) is 12.6. The molecule has 0 fully saturated rings. The van der Waals surface area contributed by atoms with E-state index in [2.05, 4.69) is 0 Å². The van der Waals surface area contributed by atoms with E-state index in [-0.39, 0.29) is 12.5 Å². The van der Waals surface area contributed by atoms with Crippen molar-refractivity contribution < 1.29 is 9.84 Å². The fourth-order valence-corrected chi connectivity index (χ4v) is 1.21. The molecule has 1 atom stereocenters. The molecule has 0 heterocycles. The lowest BCUT2D eigenvalue weighted by atomic mass is 10.2. The minimum absolute atomic E-state index is 0.0880. The van der Waals surface area contributed by atoms with Gasteiger partial charge < -0.3 is 9.84 Å². The fourth-order valence-electron chi connectivity index (χ4n) is 0.873. The molecule has 2 nitrogen and oxygen atoms in total. The first-order valence-electron chi connectivity index (χ1n) is 4.32. The Balaban J connectivity index is 2.62. The van der Waals surface area contributed by atoms with Crippen LogP contribution in [-0.4, -0.2) is 18.3 Å². The van der Waals surface area contributed by atoms with Gasteiger partial charge in [-0.15, -0.1) is 0 Å². The van der Waals surface area contributed by atoms with Gasteiger partial charge in [-0.05, 0) is 12.1 Å². The van der Waals surface area contributed by atoms with E-state index >= 15 is 0 Å². The molecule has 1 N–H and O–H groups in total. The molecule has 0 aliphatic heterocycles. The van der Waals surface area contributed by atoms with E-state index in [1.807, 2.05) is 6.92 Å². The molecular formula is C10H12Cl2O2. The minimum Gasteiger partial charge on any atom is -0.492 e. The summed E-state index contributed by atoms with van der Waals surface area (Å²) in [6, 6.07) is 5.04. The predicted octanol–water partition coefficient (Wildman–Crippen LogP) is 3.00. The monoisotopic (exact) mass is 234 g/mol. The Morgan fingerprint density at radius 1 is 1.43 bits per heavy atom. The maximum atomic E-state index is 8.80. The maximum Gasteiger partial charge on any atom is 0.139 e. The number of ether oxygens (including phenoxy) is 1. The molecule has 0 amide bonds. The minimum atomic E-state index is 0.0880. The Labute approximate surface area is 93.4 Å². The number of halogens is 2. The van der Waals surface area contributed by atoms with Crippen LogP contribution in [0.1, 0.15) is 6.92 Å². The van der Waals surface area contributed by atoms with Gasteiger partial charge in [0.05, 0.1) is 11.6 Å². The van der Waals surface area contributed by atoms with Gasteiger partial charge in [-0.3, -0.25) is 0 Å². The molecule has 0 aliphatic rings. The molecule has 1 aromatic carbocycles. The van der Waals surface area contributed by atoms with Crippen molar-refractivity contribution >= 4 is 23.2 Å². The summed E-state index contributed by atoms with van der Waals surface area (Å²) < 4.78 is 5.39. The van der Waals surface area contributed by atoms with Crippen LogP contribution in [0.3, 0.4) is 0 Å². The molecule has 0 radical (unpaired) electrons. The summed E-state index contributed by atoms with van der Waals surface area (Å²) in [5, 5.41) is 9.91. The van der Waals surface area contributed by atoms with Gasteiger partial charge in [-0.25, -0.2) is 0 Å². The van der Waals surface area contributed by atoms with E-state index in [1.54, 1.807) is 18.2 Å². The van der Waals surface area contributed by atoms with Crippen molar-refractivity contribution in [1.29, 1.82) is 0 Å². The highest BCUT2D eigenvalue weighted by molar-refractivity contribution is 6.34. The standard InChI is InChI=1S/C10H12Cl2O2/c1-7(5-13)6-14-10-4-8(11)2-3-9(10)12/h2-4,7,13H,5-6H2,1H3. The van der Waals surface area contributed by atoms with Crippen LogP contribution in [-0.2, 0) is 0 Å². The molecule has 0 saturated carbocycles. The van der Waals surface area contributed by atoms with Gasteiger partial charge >= 0.3 is 0 Å². The largest absolute Gasteiger partial charge is 0.492 e. The van der Waals surface area contributed by atoms with Crippen molar-refractivity contribution in [2.75, 3.05) is 13.2 Å². The molecule has 0 bridgehead atoms. The van der Waals surface area contributed by atoms with E-state index in [1.165, 1.54) is 0 Å². The van der Waals surface area contributed by atoms with Crippen molar-refractivity contribution in [3.8, 4) is 5.75 Å². The summed E-state index contributed by atoms with van der Waals surface area (Å²) in [5.41, 5.74) is 0. The average Bonchev–Trinajstić information content (AvgIpc) is 2.19. The topological polar surface area (TPSA) is 29.5 Å². The Morgan fingerprint density at radius 2 is 2.14 bits per heavy atom. The van der Waals surface area contributed by atoms with Crippen molar-refractivity contribution in [2.45, 2.75) is 6.92 Å². The quantitative estimate of drug-likeness (QED) is 0.869. The maximum absolute atomic E-state index is 8.80. The van der Waals surface area contributed by atoms with E-state index < -0.39 is 0 Å². The highest BCUT2D eigenvalue weighted by Crippen LogP contribution is 2.27. The van der Waals surface area contributed by atoms with Gasteiger partial charge in [-0.2, -0.15) is 0 Å². The summed E-state index contributed by atoms with van der Waals surface area (Å²) >= 11 is 11.7. The van der Waals surface area contributed by atoms with Crippen molar-refractivity contribution in [1.82, 2.24) is 0 Å². The number of aliphatic hydroxyl groups excluding tert-OH is 1. The van der Waals surface area contributed by atoms with Crippen LogP contribution in [0.25, 0.3) is 0 Å². The third-order valence-electron chi connectivity index (χ3n) is 1.73. The summed E-state index contributed by atoms with van der Waals surface area (Å²) in [7, 11) is 0. The molecule has 14 heavy (non-hydrogen) atoms. The third-order valence-corrected chi connectivity index (χ3v) is 2.28. The predicted molar refractivity (Wildman–Crippen MR) is 58.2 cm³/mol. The summed E-state index contributed by atoms with van der Waals surface area (Å²) in [4.78, 5) is 0. The molecule has 0 saturated heterocycles. The number of hydrogen-bond acceptors (Lipinski definition) is 2. The smallest absolute Gasteiger partial charge is 0.139 e. The lowest BCUT2D eigenvalue weighted by Crippen LogP contribution is -2.12. The first-order chi connectivity index (χ1) is 6.63. The van der Waals surface area contributed by atoms with Crippen LogP contribution < -0.4 is 4.74 Å². The second kappa shape index (κ2) is 5.44. The van der Waals surface area contributed by atoms with Gasteiger partial charge in [0, 0.05) is 23.6 Å². The van der Waals surface area contributed by atoms with E-state index in [0.29, 0.717) is 22.4 Å². The highest BCUT2D eigenvalue weighted by atomic mass is 35.5. The molecule has 0 aliphatic carbocycles. The first kappa shape index (κ1) is 11.6. The second-order valence-electron chi connectivity index (χ2n) is 3.17. The molecular weight excluding hydrogens is 223 g/mol. The van der Waals surface area contributed by atoms with E-state index in [0.717, 1.165) is 0 Å². The summed E-state index contributed by atoms with van der Waals surface area (Å²) in [6.07, 6.45) is 0. The van der Waals surface area contributed by atoms with Gasteiger partial charge in [0.1, 0.15) is 5.75 Å². The Kier molecular flexibility index (Phi) is 4.52. The van der Waals surface area contributed by atoms with Crippen LogP contribution in [0.4, 0.5) is 0 Å². The molecule has 4 heteroatoms. The van der Waals surface area contributed by atoms with Gasteiger partial charge in [0.25, 0.3) is 0 Å². The highest BCUT2D eigenvalue weighted by Gasteiger charge is 2.05. The van der Waals surface area contributed by atoms with E-state index in [9.17, 15) is 0 Å². The van der Waals surface area contributed by atoms with E-state index in [4.69, 9.17) is 33.0 Å². The van der Waals surface area contributed by atoms with Crippen molar-refractivity contribution in [3.05, 3.63) is 28.2 Å². The average molecular weight is 235 g/mol. The Hall–Kier alpha value is -0.440. The van der Waals surface area contributed by atoms with Crippen LogP contribution in [0.15, 0.2) is 18.2 Å². The zero-order valence-corrected chi connectivity index (χ0v) is 9.35. The van der Waals surface area contributed by atoms with Crippen LogP contribution in [0, 0.1) is 5.92 Å². The number of rotatable bonds is 4. The third kappa shape index (κ3) is 3.37. The van der Waals surface area contributed by atoms with Crippen LogP contribution in [0.5, 0.6) is 5.75 Å². The Bertz CT molecular complexity index is 302. The fraction of sp³-hybridized carbons (Fsp3) is 0.400. The summed E-state index contributed by atoms with van der Waals surface area (Å²) in [5.74, 6) is 0.643. The number of hydrogen-bond donors (Lipinski definition) is 1. The zero-order valence-electron chi connectivity index (χ0n) is 7.84.